The van der Waals surface area contributed by atoms with E-state index in [4.69, 9.17) is 38.5 Å². The van der Waals surface area contributed by atoms with Crippen LogP contribution in [-0.4, -0.2) is 110 Å². The molecule has 0 aliphatic carbocycles. The van der Waals surface area contributed by atoms with E-state index >= 15 is 0 Å². The molecule has 0 saturated carbocycles. The third-order valence-corrected chi connectivity index (χ3v) is 19.3. The number of methoxy groups -OCH3 is 2. The lowest BCUT2D eigenvalue weighted by Gasteiger charge is -2.17. The third-order valence-electron chi connectivity index (χ3n) is 14.2. The summed E-state index contributed by atoms with van der Waals surface area (Å²) in [5, 5.41) is 24.8. The van der Waals surface area contributed by atoms with Crippen molar-refractivity contribution >= 4 is 68.1 Å². The first kappa shape index (κ1) is 57.6. The van der Waals surface area contributed by atoms with Gasteiger partial charge in [-0.25, -0.2) is 14.6 Å². The van der Waals surface area contributed by atoms with E-state index in [0.717, 1.165) is 125 Å². The van der Waals surface area contributed by atoms with Gasteiger partial charge in [-0.05, 0) is 138 Å². The number of aromatic nitrogens is 8. The van der Waals surface area contributed by atoms with E-state index in [2.05, 4.69) is 133 Å². The number of phenols is 1. The largest absolute Gasteiger partial charge is 0.504 e. The highest BCUT2D eigenvalue weighted by Crippen LogP contribution is 2.40. The Hall–Kier alpha value is -7.07. The van der Waals surface area contributed by atoms with E-state index in [0.29, 0.717) is 43.9 Å². The molecule has 18 heteroatoms. The van der Waals surface area contributed by atoms with E-state index < -0.39 is 24.2 Å². The number of fused-ring (bicyclic) bond motifs is 4. The van der Waals surface area contributed by atoms with E-state index in [9.17, 15) is 5.11 Å². The van der Waals surface area contributed by atoms with Gasteiger partial charge in [0.2, 0.25) is 0 Å². The molecule has 4 heterocycles. The van der Waals surface area contributed by atoms with Gasteiger partial charge in [0.15, 0.2) is 41.4 Å². The molecule has 4 aromatic heterocycles. The zero-order chi connectivity index (χ0) is 56.9. The fraction of sp³-hybridized carbons (Fsp3) is 0.355. The minimum Gasteiger partial charge on any atom is -0.504 e. The molecule has 0 amide bonds. The maximum atomic E-state index is 9.97. The van der Waals surface area contributed by atoms with Crippen LogP contribution in [-0.2, 0) is 27.7 Å². The van der Waals surface area contributed by atoms with Gasteiger partial charge in [0, 0.05) is 54.8 Å². The summed E-state index contributed by atoms with van der Waals surface area (Å²) in [5.74, 6) is 3.46. The predicted molar refractivity (Wildman–Crippen MR) is 333 cm³/mol. The van der Waals surface area contributed by atoms with Gasteiger partial charge in [-0.1, -0.05) is 95.3 Å². The molecule has 0 atom stereocenters. The van der Waals surface area contributed by atoms with Crippen molar-refractivity contribution in [1.29, 1.82) is 0 Å². The molecule has 0 aliphatic heterocycles. The number of nitrogens with zero attached hydrogens (tertiary/aromatic N) is 6. The van der Waals surface area contributed by atoms with Gasteiger partial charge in [0.25, 0.3) is 0 Å². The van der Waals surface area contributed by atoms with E-state index in [-0.39, 0.29) is 12.5 Å². The Labute approximate surface area is 472 Å². The van der Waals surface area contributed by atoms with Crippen LogP contribution in [0, 0.1) is 13.8 Å². The molecule has 15 nitrogen and oxygen atoms in total. The first-order valence-electron chi connectivity index (χ1n) is 27.5. The van der Waals surface area contributed by atoms with Crippen molar-refractivity contribution in [2.24, 2.45) is 0 Å². The third kappa shape index (κ3) is 13.7. The van der Waals surface area contributed by atoms with Crippen LogP contribution in [0.4, 0.5) is 0 Å². The Morgan fingerprint density at radius 1 is 0.550 bits per heavy atom. The van der Waals surface area contributed by atoms with Crippen molar-refractivity contribution in [1.82, 2.24) is 39.5 Å². The van der Waals surface area contributed by atoms with Crippen molar-refractivity contribution < 1.29 is 33.5 Å². The first-order chi connectivity index (χ1) is 38.2. The van der Waals surface area contributed by atoms with E-state index in [1.165, 1.54) is 0 Å². The lowest BCUT2D eigenvalue weighted by Crippen LogP contribution is -2.22. The van der Waals surface area contributed by atoms with Crippen LogP contribution in [0.25, 0.3) is 89.2 Å². The monoisotopic (exact) mass is 1130 g/mol. The highest BCUT2D eigenvalue weighted by Gasteiger charge is 2.23. The highest BCUT2D eigenvalue weighted by molar-refractivity contribution is 6.76. The molecule has 10 rings (SSSR count). The van der Waals surface area contributed by atoms with Gasteiger partial charge in [0.1, 0.15) is 24.8 Å². The highest BCUT2D eigenvalue weighted by atomic mass is 28.3. The van der Waals surface area contributed by atoms with Crippen LogP contribution in [0.2, 0.25) is 77.1 Å². The fourth-order valence-corrected chi connectivity index (χ4v) is 11.7. The summed E-state index contributed by atoms with van der Waals surface area (Å²) >= 11 is 0. The average molecular weight is 1130 g/mol. The number of rotatable bonds is 22. The van der Waals surface area contributed by atoms with Crippen molar-refractivity contribution in [3.63, 3.8) is 0 Å². The zero-order valence-corrected chi connectivity index (χ0v) is 51.8. The molecule has 80 heavy (non-hydrogen) atoms. The lowest BCUT2D eigenvalue weighted by molar-refractivity contribution is 0.0205. The SMILES string of the molecule is COc1cc(-c2ccc3c(-c4nc5ccccc5[nH]4)n[nH]c3c2)c(C)cc1O.COc1cc(-c2ccc3c(-c4nc5ccccc5n4COCC[Si](C)(C)C)nn(COCC[Si](C)(C)C)c3c2)c(C)cc1OCOCC[Si](C)(C)C. The number of aromatic hydroxyl groups is 1. The molecule has 0 aliphatic rings. The second kappa shape index (κ2) is 24.3. The number of aryl methyl sites for hydroxylation is 2. The molecule has 6 aromatic carbocycles. The average Bonchev–Trinajstić information content (AvgIpc) is 4.22. The topological polar surface area (TPSA) is 169 Å². The van der Waals surface area contributed by atoms with Crippen molar-refractivity contribution in [2.75, 3.05) is 40.8 Å². The standard InChI is InChI=1S/C40H60N4O5Si3.C22H18N4O2/c1-30-24-38(49-29-48-20-23-52(9,10)11)37(45-2)26-33(30)31-16-17-32-36(25-31)44(28-47-19-22-51(6,7)8)42-39(32)40-41-34-14-12-13-15-35(34)43(40)27-46-18-21-50(3,4)5;1-12-9-19(27)20(28-2)11-15(12)13-7-8-14-18(10-13)25-26-21(14)22-23-16-5-3-4-6-17(16)24-22/h12-17,24-26H,18-23,27-29H2,1-11H3;3-11,27H,1-2H3,(H,23,24)(H,25,26). The van der Waals surface area contributed by atoms with Crippen LogP contribution in [0.5, 0.6) is 23.0 Å². The molecule has 10 aromatic rings. The summed E-state index contributed by atoms with van der Waals surface area (Å²) in [6, 6.07) is 39.7. The summed E-state index contributed by atoms with van der Waals surface area (Å²) in [4.78, 5) is 13.1. The minimum absolute atomic E-state index is 0.138. The van der Waals surface area contributed by atoms with Crippen molar-refractivity contribution in [2.45, 2.75) is 104 Å². The Morgan fingerprint density at radius 3 is 1.82 bits per heavy atom. The molecular formula is C62H78N8O7Si3. The lowest BCUT2D eigenvalue weighted by atomic mass is 9.98. The number of hydrogen-bond acceptors (Lipinski definition) is 11. The summed E-state index contributed by atoms with van der Waals surface area (Å²) < 4.78 is 39.7. The summed E-state index contributed by atoms with van der Waals surface area (Å²) in [7, 11) is -0.426. The second-order valence-electron chi connectivity index (χ2n) is 24.2. The van der Waals surface area contributed by atoms with Gasteiger partial charge in [0.05, 0.1) is 47.3 Å². The maximum absolute atomic E-state index is 9.97. The smallest absolute Gasteiger partial charge is 0.189 e. The number of phenolic OH excluding ortho intramolecular Hbond substituents is 1. The van der Waals surface area contributed by atoms with Gasteiger partial charge >= 0.3 is 0 Å². The number of hydrogen-bond donors (Lipinski definition) is 3. The molecule has 420 valence electrons. The van der Waals surface area contributed by atoms with Gasteiger partial charge in [-0.3, -0.25) is 9.67 Å². The van der Waals surface area contributed by atoms with Crippen LogP contribution in [0.15, 0.2) is 109 Å². The molecule has 0 fully saturated rings. The Balaban J connectivity index is 0.000000230. The van der Waals surface area contributed by atoms with Gasteiger partial charge < -0.3 is 38.5 Å². The second-order valence-corrected chi connectivity index (χ2v) is 41.1. The Bertz CT molecular complexity index is 3740. The quantitative estimate of drug-likeness (QED) is 0.0335. The normalized spacial score (nSPS) is 12.2. The summed E-state index contributed by atoms with van der Waals surface area (Å²) in [6.07, 6.45) is 0. The summed E-state index contributed by atoms with van der Waals surface area (Å²) in [5.41, 5.74) is 13.5. The molecule has 3 N–H and O–H groups in total. The maximum Gasteiger partial charge on any atom is 0.189 e. The Kier molecular flexibility index (Phi) is 17.5. The van der Waals surface area contributed by atoms with Gasteiger partial charge in [-0.15, -0.1) is 0 Å². The van der Waals surface area contributed by atoms with Crippen LogP contribution >= 0.6 is 0 Å². The van der Waals surface area contributed by atoms with Crippen LogP contribution in [0.3, 0.4) is 0 Å². The number of para-hydroxylation sites is 4. The first-order valence-corrected chi connectivity index (χ1v) is 38.6. The number of nitrogens with one attached hydrogen (secondary N) is 2. The number of aromatic amines is 2. The van der Waals surface area contributed by atoms with Crippen molar-refractivity contribution in [3.8, 4) is 68.3 Å². The Morgan fingerprint density at radius 2 is 1.15 bits per heavy atom. The number of H-pyrrole nitrogens is 2. The van der Waals surface area contributed by atoms with E-state index in [1.54, 1.807) is 20.3 Å². The van der Waals surface area contributed by atoms with Crippen LogP contribution in [0.1, 0.15) is 11.1 Å². The number of ether oxygens (including phenoxy) is 6. The molecule has 0 saturated heterocycles. The summed E-state index contributed by atoms with van der Waals surface area (Å²) in [6.45, 7) is 28.4. The zero-order valence-electron chi connectivity index (χ0n) is 48.8. The van der Waals surface area contributed by atoms with Crippen molar-refractivity contribution in [3.05, 3.63) is 120 Å². The predicted octanol–water partition coefficient (Wildman–Crippen LogP) is 15.1. The van der Waals surface area contributed by atoms with Crippen LogP contribution < -0.4 is 14.2 Å². The molecule has 0 unspecified atom stereocenters. The minimum atomic E-state index is -1.25. The molecule has 0 bridgehead atoms. The molecule has 0 spiro atoms. The number of imidazole rings is 2. The number of benzene rings is 6. The van der Waals surface area contributed by atoms with Gasteiger partial charge in [-0.2, -0.15) is 10.2 Å². The molecular weight excluding hydrogens is 1050 g/mol. The van der Waals surface area contributed by atoms with E-state index in [1.807, 2.05) is 72.3 Å². The fourth-order valence-electron chi connectivity index (χ4n) is 9.42. The molecule has 0 radical (unpaired) electrons.